The Balaban J connectivity index is 2.23. The number of benzene rings is 1. The molecule has 2 unspecified atom stereocenters. The lowest BCUT2D eigenvalue weighted by Crippen LogP contribution is -2.36. The van der Waals surface area contributed by atoms with E-state index in [1.54, 1.807) is 0 Å². The third kappa shape index (κ3) is 10.7. The molecule has 0 saturated heterocycles. The van der Waals surface area contributed by atoms with Gasteiger partial charge in [-0.05, 0) is 30.1 Å². The summed E-state index contributed by atoms with van der Waals surface area (Å²) in [6.07, 6.45) is 14.2. The maximum absolute atomic E-state index is 6.48. The predicted octanol–water partition coefficient (Wildman–Crippen LogP) is 7.43. The zero-order valence-corrected chi connectivity index (χ0v) is 20.5. The summed E-state index contributed by atoms with van der Waals surface area (Å²) in [5, 5.41) is 0. The van der Waals surface area contributed by atoms with Gasteiger partial charge in [-0.2, -0.15) is 0 Å². The summed E-state index contributed by atoms with van der Waals surface area (Å²) in [4.78, 5) is 0. The van der Waals surface area contributed by atoms with Gasteiger partial charge >= 0.3 is 0 Å². The third-order valence-corrected chi connectivity index (χ3v) is 12.5. The van der Waals surface area contributed by atoms with Crippen molar-refractivity contribution in [3.63, 3.8) is 0 Å². The molecular formula is C23H44OSi2. The van der Waals surface area contributed by atoms with Crippen molar-refractivity contribution in [3.8, 4) is 0 Å². The molecule has 1 aromatic carbocycles. The van der Waals surface area contributed by atoms with Crippen molar-refractivity contribution in [2.75, 3.05) is 0 Å². The molecule has 26 heavy (non-hydrogen) atoms. The molecule has 0 heterocycles. The highest BCUT2D eigenvalue weighted by molar-refractivity contribution is 6.76. The Bertz CT molecular complexity index is 437. The minimum absolute atomic E-state index is 0.309. The van der Waals surface area contributed by atoms with E-state index < -0.39 is 8.32 Å². The summed E-state index contributed by atoms with van der Waals surface area (Å²) in [5.41, 5.74) is 1.48. The minimum Gasteiger partial charge on any atom is -0.461 e. The number of hydrogen-bond donors (Lipinski definition) is 0. The normalized spacial score (nSPS) is 15.4. The van der Waals surface area contributed by atoms with Gasteiger partial charge in [0.05, 0.1) is 0 Å². The van der Waals surface area contributed by atoms with E-state index in [2.05, 4.69) is 57.3 Å². The quantitative estimate of drug-likeness (QED) is 0.210. The minimum atomic E-state index is -1.52. The molecule has 1 aromatic rings. The van der Waals surface area contributed by atoms with Crippen molar-refractivity contribution < 1.29 is 4.12 Å². The Hall–Kier alpha value is -0.386. The van der Waals surface area contributed by atoms with Crippen LogP contribution in [0.1, 0.15) is 89.5 Å². The van der Waals surface area contributed by atoms with Gasteiger partial charge in [0, 0.05) is 0 Å². The van der Waals surface area contributed by atoms with Gasteiger partial charge in [-0.15, -0.1) is 0 Å². The summed E-state index contributed by atoms with van der Waals surface area (Å²) < 4.78 is 6.48. The second kappa shape index (κ2) is 14.6. The predicted molar refractivity (Wildman–Crippen MR) is 123 cm³/mol. The topological polar surface area (TPSA) is 9.23 Å². The largest absolute Gasteiger partial charge is 0.461 e. The van der Waals surface area contributed by atoms with Crippen molar-refractivity contribution in [2.24, 2.45) is 0 Å². The van der Waals surface area contributed by atoms with Gasteiger partial charge < -0.3 is 4.12 Å². The zero-order chi connectivity index (χ0) is 19.1. The van der Waals surface area contributed by atoms with Gasteiger partial charge in [-0.25, -0.2) is 0 Å². The van der Waals surface area contributed by atoms with E-state index in [9.17, 15) is 0 Å². The van der Waals surface area contributed by atoms with Gasteiger partial charge in [0.15, 0.2) is 8.32 Å². The second-order valence-corrected chi connectivity index (χ2v) is 13.9. The van der Waals surface area contributed by atoms with E-state index in [0.717, 1.165) is 0 Å². The smallest absolute Gasteiger partial charge is 0.176 e. The fourth-order valence-electron chi connectivity index (χ4n) is 4.12. The first kappa shape index (κ1) is 23.7. The Labute approximate surface area is 167 Å². The lowest BCUT2D eigenvalue weighted by atomic mass is 10.0. The maximum atomic E-state index is 6.48. The van der Waals surface area contributed by atoms with E-state index in [1.165, 1.54) is 81.9 Å². The molecular weight excluding hydrogens is 348 g/mol. The van der Waals surface area contributed by atoms with E-state index >= 15 is 0 Å². The first-order valence-electron chi connectivity index (χ1n) is 11.3. The highest BCUT2D eigenvalue weighted by Crippen LogP contribution is 2.30. The fourth-order valence-corrected chi connectivity index (χ4v) is 10.7. The van der Waals surface area contributed by atoms with Gasteiger partial charge in [-0.3, -0.25) is 0 Å². The molecule has 0 bridgehead atoms. The molecule has 0 fully saturated rings. The van der Waals surface area contributed by atoms with Crippen LogP contribution in [0.2, 0.25) is 25.2 Å². The SMILES string of the molecule is CCCCCCCCCCCC[Si](C)(CC(C)c1ccccc1)O[SiH2]C. The molecule has 0 N–H and O–H groups in total. The first-order chi connectivity index (χ1) is 12.6. The van der Waals surface area contributed by atoms with E-state index in [0.29, 0.717) is 5.92 Å². The summed E-state index contributed by atoms with van der Waals surface area (Å²) in [6, 6.07) is 13.7. The van der Waals surface area contributed by atoms with E-state index in [4.69, 9.17) is 4.12 Å². The summed E-state index contributed by atoms with van der Waals surface area (Å²) >= 11 is 0. The van der Waals surface area contributed by atoms with E-state index in [1.807, 2.05) is 0 Å². The number of unbranched alkanes of at least 4 members (excludes halogenated alkanes) is 9. The van der Waals surface area contributed by atoms with Gasteiger partial charge in [0.2, 0.25) is 0 Å². The Morgan fingerprint density at radius 3 is 1.96 bits per heavy atom. The molecule has 2 atom stereocenters. The monoisotopic (exact) mass is 392 g/mol. The van der Waals surface area contributed by atoms with E-state index in [-0.39, 0.29) is 9.76 Å². The molecule has 0 amide bonds. The van der Waals surface area contributed by atoms with Gasteiger partial charge in [0.25, 0.3) is 0 Å². The first-order valence-corrected chi connectivity index (χ1v) is 16.1. The van der Waals surface area contributed by atoms with Crippen molar-refractivity contribution in [1.82, 2.24) is 0 Å². The average molecular weight is 393 g/mol. The Kier molecular flexibility index (Phi) is 13.3. The van der Waals surface area contributed by atoms with Crippen LogP contribution in [0, 0.1) is 0 Å². The van der Waals surface area contributed by atoms with Crippen LogP contribution >= 0.6 is 0 Å². The second-order valence-electron chi connectivity index (χ2n) is 8.33. The maximum Gasteiger partial charge on any atom is 0.176 e. The van der Waals surface area contributed by atoms with Crippen molar-refractivity contribution >= 4 is 18.1 Å². The molecule has 0 radical (unpaired) electrons. The highest BCUT2D eigenvalue weighted by Gasteiger charge is 2.30. The highest BCUT2D eigenvalue weighted by atomic mass is 28.4. The van der Waals surface area contributed by atoms with Crippen molar-refractivity contribution in [3.05, 3.63) is 35.9 Å². The van der Waals surface area contributed by atoms with Crippen LogP contribution in [0.25, 0.3) is 0 Å². The molecule has 0 aromatic heterocycles. The Morgan fingerprint density at radius 1 is 0.885 bits per heavy atom. The molecule has 150 valence electrons. The van der Waals surface area contributed by atoms with Crippen LogP contribution in [-0.4, -0.2) is 18.1 Å². The number of hydrogen-bond acceptors (Lipinski definition) is 1. The zero-order valence-electron chi connectivity index (χ0n) is 18.1. The molecule has 0 aliphatic carbocycles. The van der Waals surface area contributed by atoms with Crippen LogP contribution in [0.4, 0.5) is 0 Å². The molecule has 1 rings (SSSR count). The van der Waals surface area contributed by atoms with Crippen LogP contribution in [0.15, 0.2) is 30.3 Å². The standard InChI is InChI=1S/C23H44OSi2/c1-5-6-7-8-9-10-11-12-13-17-20-26(4,24-25-3)21-22(2)23-18-15-14-16-19-23/h14-16,18-19,22H,5-13,17,20-21,25H2,1-4H3. The fraction of sp³-hybridized carbons (Fsp3) is 0.739. The van der Waals surface area contributed by atoms with Crippen molar-refractivity contribution in [1.29, 1.82) is 0 Å². The van der Waals surface area contributed by atoms with Gasteiger partial charge in [-0.1, -0.05) is 115 Å². The van der Waals surface area contributed by atoms with Crippen LogP contribution in [0.5, 0.6) is 0 Å². The average Bonchev–Trinajstić information content (AvgIpc) is 2.64. The van der Waals surface area contributed by atoms with Crippen LogP contribution in [-0.2, 0) is 4.12 Å². The number of rotatable bonds is 16. The Morgan fingerprint density at radius 2 is 1.42 bits per heavy atom. The molecule has 1 nitrogen and oxygen atoms in total. The molecule has 0 saturated carbocycles. The molecule has 0 spiro atoms. The third-order valence-electron chi connectivity index (χ3n) is 5.66. The van der Waals surface area contributed by atoms with Crippen molar-refractivity contribution in [2.45, 2.75) is 109 Å². The van der Waals surface area contributed by atoms with Crippen LogP contribution in [0.3, 0.4) is 0 Å². The summed E-state index contributed by atoms with van der Waals surface area (Å²) in [6.45, 7) is 9.48. The molecule has 3 heteroatoms. The molecule has 0 aliphatic rings. The van der Waals surface area contributed by atoms with Crippen LogP contribution < -0.4 is 0 Å². The summed E-state index contributed by atoms with van der Waals surface area (Å²) in [7, 11) is -1.83. The lowest BCUT2D eigenvalue weighted by molar-refractivity contribution is 0.540. The summed E-state index contributed by atoms with van der Waals surface area (Å²) in [5.74, 6) is 0.636. The lowest BCUT2D eigenvalue weighted by Gasteiger charge is -2.30. The molecule has 0 aliphatic heterocycles. The van der Waals surface area contributed by atoms with Gasteiger partial charge in [0.1, 0.15) is 9.76 Å².